The van der Waals surface area contributed by atoms with E-state index in [1.165, 1.54) is 88.9 Å². The second-order valence-corrected chi connectivity index (χ2v) is 17.2. The van der Waals surface area contributed by atoms with E-state index < -0.39 is 5.41 Å². The zero-order valence-corrected chi connectivity index (χ0v) is 35.6. The van der Waals surface area contributed by atoms with E-state index in [4.69, 9.17) is 0 Å². The van der Waals surface area contributed by atoms with Crippen LogP contribution in [0.1, 0.15) is 22.3 Å². The maximum Gasteiger partial charge on any atom is 0.0727 e. The van der Waals surface area contributed by atoms with E-state index >= 15 is 0 Å². The molecule has 2 aliphatic carbocycles. The minimum Gasteiger partial charge on any atom is -0.310 e. The van der Waals surface area contributed by atoms with Crippen molar-refractivity contribution in [3.05, 3.63) is 277 Å². The van der Waals surface area contributed by atoms with Gasteiger partial charge in [-0.05, 0) is 121 Å². The van der Waals surface area contributed by atoms with Crippen LogP contribution in [-0.4, -0.2) is 4.57 Å². The molecule has 2 nitrogen and oxygen atoms in total. The van der Waals surface area contributed by atoms with E-state index in [0.717, 1.165) is 22.7 Å². The number of hydrogen-bond acceptors (Lipinski definition) is 1. The quantitative estimate of drug-likeness (QED) is 0.155. The first-order valence-corrected chi connectivity index (χ1v) is 22.5. The predicted octanol–water partition coefficient (Wildman–Crippen LogP) is 16.4. The Bertz CT molecular complexity index is 3520. The van der Waals surface area contributed by atoms with Crippen molar-refractivity contribution in [1.82, 2.24) is 4.57 Å². The van der Waals surface area contributed by atoms with Crippen molar-refractivity contribution in [3.8, 4) is 61.5 Å². The first kappa shape index (κ1) is 37.1. The monoisotopic (exact) mass is 826 g/mol. The molecular formula is C63H42N2. The molecule has 0 radical (unpaired) electrons. The lowest BCUT2D eigenvalue weighted by Gasteiger charge is -2.32. The molecule has 11 aromatic rings. The van der Waals surface area contributed by atoms with Crippen molar-refractivity contribution in [2.24, 2.45) is 0 Å². The number of benzene rings is 10. The summed E-state index contributed by atoms with van der Waals surface area (Å²) in [6.45, 7) is 0. The summed E-state index contributed by atoms with van der Waals surface area (Å²) in [4.78, 5) is 2.41. The van der Waals surface area contributed by atoms with Crippen molar-refractivity contribution in [2.45, 2.75) is 5.41 Å². The van der Waals surface area contributed by atoms with E-state index in [-0.39, 0.29) is 0 Å². The van der Waals surface area contributed by atoms with Gasteiger partial charge in [-0.15, -0.1) is 0 Å². The largest absolute Gasteiger partial charge is 0.310 e. The molecule has 304 valence electrons. The Kier molecular flexibility index (Phi) is 8.47. The zero-order chi connectivity index (χ0) is 42.9. The lowest BCUT2D eigenvalue weighted by Crippen LogP contribution is -2.26. The Morgan fingerprint density at radius 1 is 0.308 bits per heavy atom. The van der Waals surface area contributed by atoms with E-state index in [2.05, 4.69) is 264 Å². The summed E-state index contributed by atoms with van der Waals surface area (Å²) in [6, 6.07) is 93.8. The Balaban J connectivity index is 1.07. The van der Waals surface area contributed by atoms with Gasteiger partial charge in [0.25, 0.3) is 0 Å². The van der Waals surface area contributed by atoms with Crippen LogP contribution >= 0.6 is 0 Å². The molecule has 0 N–H and O–H groups in total. The topological polar surface area (TPSA) is 8.17 Å². The molecule has 0 saturated heterocycles. The maximum absolute atomic E-state index is 2.51. The SMILES string of the molecule is c1ccc(-c2ccc(N(c3ccccc3)c3ccc4c(c3)C3(c5ccccc5-c5ccccc53)c3cc(-n5c(-c6ccccc6)c(-c6ccccc6)c6ccccc65)ccc3-4)cc2)cc1. The molecule has 0 saturated carbocycles. The molecule has 0 unspecified atom stereocenters. The van der Waals surface area contributed by atoms with Gasteiger partial charge in [0.2, 0.25) is 0 Å². The summed E-state index contributed by atoms with van der Waals surface area (Å²) < 4.78 is 2.51. The van der Waals surface area contributed by atoms with Gasteiger partial charge in [-0.1, -0.05) is 200 Å². The molecule has 10 aromatic carbocycles. The summed E-state index contributed by atoms with van der Waals surface area (Å²) in [5.41, 5.74) is 22.7. The van der Waals surface area contributed by atoms with Crippen molar-refractivity contribution in [1.29, 1.82) is 0 Å². The highest BCUT2D eigenvalue weighted by Gasteiger charge is 2.52. The summed E-state index contributed by atoms with van der Waals surface area (Å²) in [5, 5.41) is 1.23. The molecule has 0 bridgehead atoms. The molecule has 0 aliphatic heterocycles. The Morgan fingerprint density at radius 2 is 0.769 bits per heavy atom. The van der Waals surface area contributed by atoms with Crippen LogP contribution in [0.2, 0.25) is 0 Å². The van der Waals surface area contributed by atoms with Crippen LogP contribution in [0.3, 0.4) is 0 Å². The van der Waals surface area contributed by atoms with Gasteiger partial charge >= 0.3 is 0 Å². The number of fused-ring (bicyclic) bond motifs is 11. The fraction of sp³-hybridized carbons (Fsp3) is 0.0159. The summed E-state index contributed by atoms with van der Waals surface area (Å²) in [5.74, 6) is 0. The van der Waals surface area contributed by atoms with Gasteiger partial charge in [0.1, 0.15) is 0 Å². The Morgan fingerprint density at radius 3 is 1.43 bits per heavy atom. The third-order valence-electron chi connectivity index (χ3n) is 13.8. The van der Waals surface area contributed by atoms with E-state index in [1.54, 1.807) is 0 Å². The summed E-state index contributed by atoms with van der Waals surface area (Å²) >= 11 is 0. The number of para-hydroxylation sites is 2. The van der Waals surface area contributed by atoms with Crippen molar-refractivity contribution in [2.75, 3.05) is 4.90 Å². The normalized spacial score (nSPS) is 12.7. The average molecular weight is 827 g/mol. The van der Waals surface area contributed by atoms with Gasteiger partial charge in [-0.25, -0.2) is 0 Å². The first-order chi connectivity index (χ1) is 32.3. The van der Waals surface area contributed by atoms with Gasteiger partial charge in [0.15, 0.2) is 0 Å². The number of hydrogen-bond donors (Lipinski definition) is 0. The molecule has 2 heteroatoms. The fourth-order valence-corrected chi connectivity index (χ4v) is 11.1. The fourth-order valence-electron chi connectivity index (χ4n) is 11.1. The molecule has 1 aromatic heterocycles. The minimum absolute atomic E-state index is 0.568. The average Bonchev–Trinajstić information content (AvgIpc) is 4.00. The number of nitrogens with zero attached hydrogens (tertiary/aromatic N) is 2. The lowest BCUT2D eigenvalue weighted by atomic mass is 9.70. The highest BCUT2D eigenvalue weighted by Crippen LogP contribution is 2.64. The van der Waals surface area contributed by atoms with Gasteiger partial charge in [0.05, 0.1) is 16.6 Å². The minimum atomic E-state index is -0.568. The number of aromatic nitrogens is 1. The van der Waals surface area contributed by atoms with Crippen LogP contribution in [-0.2, 0) is 5.41 Å². The maximum atomic E-state index is 2.51. The zero-order valence-electron chi connectivity index (χ0n) is 35.6. The van der Waals surface area contributed by atoms with Crippen LogP contribution in [0.5, 0.6) is 0 Å². The van der Waals surface area contributed by atoms with E-state index in [9.17, 15) is 0 Å². The highest BCUT2D eigenvalue weighted by atomic mass is 15.1. The third-order valence-corrected chi connectivity index (χ3v) is 13.8. The molecular weight excluding hydrogens is 785 g/mol. The molecule has 2 aliphatic rings. The second kappa shape index (κ2) is 14.8. The second-order valence-electron chi connectivity index (χ2n) is 17.2. The molecule has 0 atom stereocenters. The lowest BCUT2D eigenvalue weighted by molar-refractivity contribution is 0.792. The van der Waals surface area contributed by atoms with Crippen molar-refractivity contribution < 1.29 is 0 Å². The first-order valence-electron chi connectivity index (χ1n) is 22.5. The molecule has 0 fully saturated rings. The molecule has 1 spiro atoms. The Labute approximate surface area is 379 Å². The van der Waals surface area contributed by atoms with Crippen molar-refractivity contribution in [3.63, 3.8) is 0 Å². The smallest absolute Gasteiger partial charge is 0.0727 e. The van der Waals surface area contributed by atoms with Crippen LogP contribution in [0.4, 0.5) is 17.1 Å². The van der Waals surface area contributed by atoms with Crippen LogP contribution in [0.25, 0.3) is 72.4 Å². The van der Waals surface area contributed by atoms with Crippen LogP contribution in [0, 0.1) is 0 Å². The number of anilines is 3. The standard InChI is InChI=1S/C63H42N2/c1-5-19-43(20-6-1)44-33-35-48(36-34-44)64(47-25-11-4-12-26-47)49-37-39-53-54-40-38-50(42-59(54)63(58(53)41-49)56-30-16-13-27-51(56)52-28-14-17-31-57(52)63)65-60-32-18-15-29-55(60)61(45-21-7-2-8-22-45)62(65)46-23-9-3-10-24-46/h1-42H. The van der Waals surface area contributed by atoms with E-state index in [0.29, 0.717) is 0 Å². The molecule has 1 heterocycles. The summed E-state index contributed by atoms with van der Waals surface area (Å²) in [7, 11) is 0. The van der Waals surface area contributed by atoms with Gasteiger partial charge in [-0.2, -0.15) is 0 Å². The van der Waals surface area contributed by atoms with Gasteiger partial charge < -0.3 is 9.47 Å². The van der Waals surface area contributed by atoms with E-state index in [1.807, 2.05) is 0 Å². The molecule has 65 heavy (non-hydrogen) atoms. The number of rotatable bonds is 7. The van der Waals surface area contributed by atoms with Crippen LogP contribution < -0.4 is 4.90 Å². The Hall–Kier alpha value is -8.46. The van der Waals surface area contributed by atoms with Gasteiger partial charge in [0, 0.05) is 33.7 Å². The van der Waals surface area contributed by atoms with Crippen molar-refractivity contribution >= 4 is 28.0 Å². The summed E-state index contributed by atoms with van der Waals surface area (Å²) in [6.07, 6.45) is 0. The molecule has 0 amide bonds. The predicted molar refractivity (Wildman–Crippen MR) is 271 cm³/mol. The highest BCUT2D eigenvalue weighted by molar-refractivity contribution is 6.06. The molecule has 13 rings (SSSR count). The van der Waals surface area contributed by atoms with Gasteiger partial charge in [-0.3, -0.25) is 0 Å². The third kappa shape index (κ3) is 5.60. The van der Waals surface area contributed by atoms with Crippen LogP contribution in [0.15, 0.2) is 255 Å².